The van der Waals surface area contributed by atoms with Crippen LogP contribution in [0.4, 0.5) is 5.69 Å². The zero-order valence-electron chi connectivity index (χ0n) is 10.6. The van der Waals surface area contributed by atoms with E-state index in [2.05, 4.69) is 24.2 Å². The summed E-state index contributed by atoms with van der Waals surface area (Å²) in [5.41, 5.74) is 1.75. The highest BCUT2D eigenvalue weighted by Crippen LogP contribution is 2.23. The zero-order chi connectivity index (χ0) is 12.3. The van der Waals surface area contributed by atoms with Gasteiger partial charge < -0.3 is 10.2 Å². The van der Waals surface area contributed by atoms with Crippen LogP contribution >= 0.6 is 0 Å². The van der Waals surface area contributed by atoms with E-state index in [4.69, 9.17) is 0 Å². The number of hydrogen-bond donors (Lipinski definition) is 1. The van der Waals surface area contributed by atoms with Crippen LogP contribution in [0, 0.1) is 0 Å². The van der Waals surface area contributed by atoms with Crippen molar-refractivity contribution in [2.45, 2.75) is 32.2 Å². The van der Waals surface area contributed by atoms with Crippen LogP contribution in [-0.4, -0.2) is 30.4 Å². The maximum Gasteiger partial charge on any atom is 0.257 e. The Morgan fingerprint density at radius 3 is 2.53 bits per heavy atom. The van der Waals surface area contributed by atoms with Gasteiger partial charge >= 0.3 is 0 Å². The van der Waals surface area contributed by atoms with Crippen LogP contribution in [-0.2, 0) is 0 Å². The van der Waals surface area contributed by atoms with Gasteiger partial charge in [0.25, 0.3) is 5.91 Å². The molecule has 0 radical (unpaired) electrons. The van der Waals surface area contributed by atoms with E-state index in [0.717, 1.165) is 17.3 Å². The molecule has 17 heavy (non-hydrogen) atoms. The number of rotatable bonds is 0. The largest absolute Gasteiger partial charge is 0.321 e. The summed E-state index contributed by atoms with van der Waals surface area (Å²) in [6.07, 6.45) is 4.24. The van der Waals surface area contributed by atoms with Gasteiger partial charge in [-0.25, -0.2) is 0 Å². The number of para-hydroxylation sites is 1. The standard InChI is InChI=1S/C7H5NO.C7H15N/c9-7-5-3-1-2-4-6(5)8-7;1-7-5-3-4-6-8(7)2/h1-4H,(H,8,9);7H,3-6H2,1-2H3. The normalized spacial score (nSPS) is 22.7. The van der Waals surface area contributed by atoms with E-state index in [-0.39, 0.29) is 5.91 Å². The van der Waals surface area contributed by atoms with Gasteiger partial charge in [-0.3, -0.25) is 4.79 Å². The SMILES string of the molecule is CC1CCCCN1C.O=C1Nc2ccccc21. The average molecular weight is 232 g/mol. The fourth-order valence-corrected chi connectivity index (χ4v) is 2.16. The van der Waals surface area contributed by atoms with Gasteiger partial charge in [-0.2, -0.15) is 0 Å². The highest BCUT2D eigenvalue weighted by molar-refractivity contribution is 6.17. The first-order valence-corrected chi connectivity index (χ1v) is 6.29. The molecule has 1 atom stereocenters. The molecule has 3 nitrogen and oxygen atoms in total. The molecule has 0 aromatic heterocycles. The molecule has 2 aliphatic rings. The Kier molecular flexibility index (Phi) is 3.79. The Balaban J connectivity index is 0.000000128. The Labute approximate surface area is 103 Å². The number of nitrogens with zero attached hydrogens (tertiary/aromatic N) is 1. The van der Waals surface area contributed by atoms with Gasteiger partial charge in [-0.15, -0.1) is 0 Å². The third-order valence-electron chi connectivity index (χ3n) is 3.56. The van der Waals surface area contributed by atoms with Crippen LogP contribution in [0.3, 0.4) is 0 Å². The smallest absolute Gasteiger partial charge is 0.257 e. The molecule has 3 heteroatoms. The predicted molar refractivity (Wildman–Crippen MR) is 70.3 cm³/mol. The maximum atomic E-state index is 10.6. The summed E-state index contributed by atoms with van der Waals surface area (Å²) in [5, 5.41) is 2.65. The summed E-state index contributed by atoms with van der Waals surface area (Å²) in [4.78, 5) is 13.0. The molecular weight excluding hydrogens is 212 g/mol. The average Bonchev–Trinajstić information content (AvgIpc) is 2.33. The molecule has 2 aliphatic heterocycles. The predicted octanol–water partition coefficient (Wildman–Crippen LogP) is 2.74. The van der Waals surface area contributed by atoms with Crippen molar-refractivity contribution < 1.29 is 4.79 Å². The minimum Gasteiger partial charge on any atom is -0.321 e. The van der Waals surface area contributed by atoms with E-state index in [0.29, 0.717) is 0 Å². The minimum atomic E-state index is 0.0330. The number of hydrogen-bond acceptors (Lipinski definition) is 2. The number of carbonyl (C=O) groups excluding carboxylic acids is 1. The van der Waals surface area contributed by atoms with Crippen LogP contribution in [0.5, 0.6) is 0 Å². The summed E-state index contributed by atoms with van der Waals surface area (Å²) in [6, 6.07) is 8.30. The topological polar surface area (TPSA) is 32.3 Å². The molecule has 1 aromatic carbocycles. The first kappa shape index (κ1) is 12.1. The summed E-state index contributed by atoms with van der Waals surface area (Å²) in [5.74, 6) is 0.0330. The lowest BCUT2D eigenvalue weighted by atomic mass is 10.1. The lowest BCUT2D eigenvalue weighted by Crippen LogP contribution is -2.33. The Morgan fingerprint density at radius 2 is 2.06 bits per heavy atom. The van der Waals surface area contributed by atoms with E-state index in [1.54, 1.807) is 0 Å². The highest BCUT2D eigenvalue weighted by atomic mass is 16.2. The quantitative estimate of drug-likeness (QED) is 0.746. The monoisotopic (exact) mass is 232 g/mol. The van der Waals surface area contributed by atoms with Gasteiger partial charge in [0.2, 0.25) is 0 Å². The van der Waals surface area contributed by atoms with Crippen molar-refractivity contribution in [3.8, 4) is 0 Å². The van der Waals surface area contributed by atoms with Crippen molar-refractivity contribution in [2.24, 2.45) is 0 Å². The number of carbonyl (C=O) groups is 1. The lowest BCUT2D eigenvalue weighted by Gasteiger charge is -2.29. The Bertz CT molecular complexity index is 393. The molecule has 92 valence electrons. The van der Waals surface area contributed by atoms with Gasteiger partial charge in [0.15, 0.2) is 0 Å². The lowest BCUT2D eigenvalue weighted by molar-refractivity contribution is 0.101. The second-order valence-electron chi connectivity index (χ2n) is 4.83. The first-order chi connectivity index (χ1) is 8.18. The zero-order valence-corrected chi connectivity index (χ0v) is 10.6. The number of fused-ring (bicyclic) bond motifs is 1. The van der Waals surface area contributed by atoms with Gasteiger partial charge in [0.1, 0.15) is 0 Å². The van der Waals surface area contributed by atoms with Gasteiger partial charge in [0, 0.05) is 6.04 Å². The number of amides is 1. The van der Waals surface area contributed by atoms with Crippen LogP contribution in [0.1, 0.15) is 36.5 Å². The maximum absolute atomic E-state index is 10.6. The molecule has 2 heterocycles. The summed E-state index contributed by atoms with van der Waals surface area (Å²) in [6.45, 7) is 3.61. The third-order valence-corrected chi connectivity index (χ3v) is 3.56. The molecule has 1 fully saturated rings. The van der Waals surface area contributed by atoms with Crippen LogP contribution in [0.2, 0.25) is 0 Å². The molecule has 1 aromatic rings. The highest BCUT2D eigenvalue weighted by Gasteiger charge is 2.20. The fourth-order valence-electron chi connectivity index (χ4n) is 2.16. The van der Waals surface area contributed by atoms with Crippen molar-refractivity contribution >= 4 is 11.6 Å². The van der Waals surface area contributed by atoms with E-state index in [1.807, 2.05) is 24.3 Å². The summed E-state index contributed by atoms with van der Waals surface area (Å²) >= 11 is 0. The van der Waals surface area contributed by atoms with Gasteiger partial charge in [-0.1, -0.05) is 18.6 Å². The number of likely N-dealkylation sites (tertiary alicyclic amines) is 1. The van der Waals surface area contributed by atoms with Crippen molar-refractivity contribution in [3.63, 3.8) is 0 Å². The van der Waals surface area contributed by atoms with E-state index in [9.17, 15) is 4.79 Å². The number of nitrogens with one attached hydrogen (secondary N) is 1. The van der Waals surface area contributed by atoms with E-state index >= 15 is 0 Å². The summed E-state index contributed by atoms with van der Waals surface area (Å²) < 4.78 is 0. The molecule has 3 rings (SSSR count). The number of benzene rings is 1. The molecule has 1 amide bonds. The second-order valence-corrected chi connectivity index (χ2v) is 4.83. The van der Waals surface area contributed by atoms with Crippen molar-refractivity contribution in [2.75, 3.05) is 18.9 Å². The van der Waals surface area contributed by atoms with Crippen molar-refractivity contribution in [1.29, 1.82) is 0 Å². The van der Waals surface area contributed by atoms with Crippen LogP contribution in [0.15, 0.2) is 24.3 Å². The molecule has 1 saturated heterocycles. The Hall–Kier alpha value is -1.35. The fraction of sp³-hybridized carbons (Fsp3) is 0.500. The van der Waals surface area contributed by atoms with E-state index in [1.165, 1.54) is 25.8 Å². The molecule has 0 aliphatic carbocycles. The first-order valence-electron chi connectivity index (χ1n) is 6.29. The third kappa shape index (κ3) is 2.86. The molecular formula is C14H20N2O. The molecule has 0 spiro atoms. The minimum absolute atomic E-state index is 0.0330. The van der Waals surface area contributed by atoms with E-state index < -0.39 is 0 Å². The van der Waals surface area contributed by atoms with Crippen molar-refractivity contribution in [1.82, 2.24) is 4.90 Å². The van der Waals surface area contributed by atoms with Crippen molar-refractivity contribution in [3.05, 3.63) is 29.8 Å². The number of piperidine rings is 1. The molecule has 0 saturated carbocycles. The molecule has 0 bridgehead atoms. The molecule has 1 unspecified atom stereocenters. The van der Waals surface area contributed by atoms with Gasteiger partial charge in [0.05, 0.1) is 11.3 Å². The summed E-state index contributed by atoms with van der Waals surface area (Å²) in [7, 11) is 2.21. The molecule has 1 N–H and O–H groups in total. The Morgan fingerprint density at radius 1 is 1.29 bits per heavy atom. The van der Waals surface area contributed by atoms with Crippen LogP contribution in [0.25, 0.3) is 0 Å². The van der Waals surface area contributed by atoms with Crippen LogP contribution < -0.4 is 5.32 Å². The number of anilines is 1. The second kappa shape index (κ2) is 5.32. The van der Waals surface area contributed by atoms with Gasteiger partial charge in [-0.05, 0) is 45.5 Å².